The van der Waals surface area contributed by atoms with E-state index >= 15 is 0 Å². The number of H-pyrrole nitrogens is 1. The van der Waals surface area contributed by atoms with E-state index in [1.54, 1.807) is 25.3 Å². The Balaban J connectivity index is 2.28. The highest BCUT2D eigenvalue weighted by atomic mass is 16.5. The summed E-state index contributed by atoms with van der Waals surface area (Å²) >= 11 is 0. The molecule has 0 bridgehead atoms. The third-order valence-electron chi connectivity index (χ3n) is 3.09. The van der Waals surface area contributed by atoms with Crippen molar-refractivity contribution in [3.8, 4) is 17.1 Å². The molecule has 0 spiro atoms. The van der Waals surface area contributed by atoms with Gasteiger partial charge in [0.2, 0.25) is 0 Å². The van der Waals surface area contributed by atoms with E-state index in [9.17, 15) is 4.79 Å². The van der Waals surface area contributed by atoms with E-state index < -0.39 is 0 Å². The summed E-state index contributed by atoms with van der Waals surface area (Å²) in [4.78, 5) is 19.4. The van der Waals surface area contributed by atoms with Crippen molar-refractivity contribution in [3.05, 3.63) is 52.8 Å². The largest absolute Gasteiger partial charge is 0.496 e. The maximum absolute atomic E-state index is 12.1. The van der Waals surface area contributed by atoms with E-state index in [0.29, 0.717) is 28.2 Å². The van der Waals surface area contributed by atoms with Crippen LogP contribution in [-0.4, -0.2) is 17.1 Å². The zero-order valence-electron chi connectivity index (χ0n) is 10.9. The summed E-state index contributed by atoms with van der Waals surface area (Å²) in [5, 5.41) is 0.476. The van der Waals surface area contributed by atoms with Gasteiger partial charge in [0.25, 0.3) is 5.56 Å². The Labute approximate surface area is 115 Å². The monoisotopic (exact) mass is 267 g/mol. The van der Waals surface area contributed by atoms with E-state index in [1.807, 2.05) is 24.3 Å². The third-order valence-corrected chi connectivity index (χ3v) is 3.09. The second-order valence-electron chi connectivity index (χ2n) is 4.39. The molecule has 0 saturated carbocycles. The van der Waals surface area contributed by atoms with Crippen molar-refractivity contribution in [1.29, 1.82) is 0 Å². The number of hydrogen-bond acceptors (Lipinski definition) is 4. The Morgan fingerprint density at radius 1 is 1.20 bits per heavy atom. The number of benzene rings is 2. The first-order valence-corrected chi connectivity index (χ1v) is 6.12. The highest BCUT2D eigenvalue weighted by Crippen LogP contribution is 2.27. The van der Waals surface area contributed by atoms with Crippen LogP contribution in [0.1, 0.15) is 0 Å². The van der Waals surface area contributed by atoms with Gasteiger partial charge in [0.15, 0.2) is 0 Å². The van der Waals surface area contributed by atoms with Gasteiger partial charge < -0.3 is 15.5 Å². The number of hydrogen-bond donors (Lipinski definition) is 2. The van der Waals surface area contributed by atoms with Crippen molar-refractivity contribution >= 4 is 16.6 Å². The highest BCUT2D eigenvalue weighted by molar-refractivity contribution is 5.83. The summed E-state index contributed by atoms with van der Waals surface area (Å²) in [7, 11) is 1.58. The number of fused-ring (bicyclic) bond motifs is 1. The molecular formula is C15H13N3O2. The number of nitrogens with zero attached hydrogens (tertiary/aromatic N) is 1. The summed E-state index contributed by atoms with van der Waals surface area (Å²) in [6, 6.07) is 12.5. The molecule has 100 valence electrons. The maximum atomic E-state index is 12.1. The molecule has 0 unspecified atom stereocenters. The summed E-state index contributed by atoms with van der Waals surface area (Å²) in [6.45, 7) is 0. The first-order valence-electron chi connectivity index (χ1n) is 6.12. The Hall–Kier alpha value is -2.82. The number of aromatic amines is 1. The van der Waals surface area contributed by atoms with Gasteiger partial charge in [0.05, 0.1) is 23.6 Å². The lowest BCUT2D eigenvalue weighted by atomic mass is 10.1. The Morgan fingerprint density at radius 2 is 2.00 bits per heavy atom. The molecule has 5 nitrogen and oxygen atoms in total. The van der Waals surface area contributed by atoms with Crippen LogP contribution < -0.4 is 16.0 Å². The van der Waals surface area contributed by atoms with Gasteiger partial charge in [0, 0.05) is 5.69 Å². The van der Waals surface area contributed by atoms with Gasteiger partial charge in [0.1, 0.15) is 11.6 Å². The molecule has 0 saturated heterocycles. The third kappa shape index (κ3) is 1.99. The van der Waals surface area contributed by atoms with E-state index in [0.717, 1.165) is 5.56 Å². The van der Waals surface area contributed by atoms with Crippen LogP contribution >= 0.6 is 0 Å². The Morgan fingerprint density at radius 3 is 2.80 bits per heavy atom. The number of methoxy groups -OCH3 is 1. The van der Waals surface area contributed by atoms with Crippen LogP contribution in [0.2, 0.25) is 0 Å². The van der Waals surface area contributed by atoms with E-state index in [4.69, 9.17) is 10.5 Å². The Bertz CT molecular complexity index is 840. The molecule has 0 aliphatic carbocycles. The predicted octanol–water partition coefficient (Wildman–Crippen LogP) is 2.18. The molecule has 3 aromatic rings. The van der Waals surface area contributed by atoms with Crippen LogP contribution in [0.15, 0.2) is 47.3 Å². The number of anilines is 1. The molecule has 0 atom stereocenters. The quantitative estimate of drug-likeness (QED) is 0.697. The number of nitrogens with one attached hydrogen (secondary N) is 1. The standard InChI is InChI=1S/C15H13N3O2/c1-20-13-5-3-2-4-10(13)14-17-12-7-6-9(16)8-11(12)15(19)18-14/h2-8H,16H2,1H3,(H,17,18,19). The van der Waals surface area contributed by atoms with Crippen LogP contribution in [0.4, 0.5) is 5.69 Å². The molecule has 0 aliphatic heterocycles. The van der Waals surface area contributed by atoms with Gasteiger partial charge in [-0.15, -0.1) is 0 Å². The van der Waals surface area contributed by atoms with Gasteiger partial charge in [-0.3, -0.25) is 4.79 Å². The second-order valence-corrected chi connectivity index (χ2v) is 4.39. The molecule has 20 heavy (non-hydrogen) atoms. The average Bonchev–Trinajstić information content (AvgIpc) is 2.47. The zero-order chi connectivity index (χ0) is 14.1. The molecule has 0 radical (unpaired) electrons. The fraction of sp³-hybridized carbons (Fsp3) is 0.0667. The number of nitrogen functional groups attached to an aromatic ring is 1. The molecule has 2 aromatic carbocycles. The van der Waals surface area contributed by atoms with Crippen molar-refractivity contribution < 1.29 is 4.74 Å². The van der Waals surface area contributed by atoms with Crippen molar-refractivity contribution in [1.82, 2.24) is 9.97 Å². The summed E-state index contributed by atoms with van der Waals surface area (Å²) in [5.41, 5.74) is 7.35. The first-order chi connectivity index (χ1) is 9.69. The van der Waals surface area contributed by atoms with Gasteiger partial charge in [-0.25, -0.2) is 4.98 Å². The molecule has 0 fully saturated rings. The topological polar surface area (TPSA) is 81.0 Å². The average molecular weight is 267 g/mol. The van der Waals surface area contributed by atoms with Crippen molar-refractivity contribution in [2.45, 2.75) is 0 Å². The number of rotatable bonds is 2. The molecule has 3 N–H and O–H groups in total. The van der Waals surface area contributed by atoms with Gasteiger partial charge >= 0.3 is 0 Å². The molecule has 3 rings (SSSR count). The Kier molecular flexibility index (Phi) is 2.87. The molecule has 0 aliphatic rings. The fourth-order valence-corrected chi connectivity index (χ4v) is 2.12. The number of aromatic nitrogens is 2. The van der Waals surface area contributed by atoms with Gasteiger partial charge in [-0.2, -0.15) is 0 Å². The van der Waals surface area contributed by atoms with Gasteiger partial charge in [-0.1, -0.05) is 12.1 Å². The van der Waals surface area contributed by atoms with Crippen molar-refractivity contribution in [2.24, 2.45) is 0 Å². The van der Waals surface area contributed by atoms with Crippen molar-refractivity contribution in [3.63, 3.8) is 0 Å². The van der Waals surface area contributed by atoms with E-state index in [2.05, 4.69) is 9.97 Å². The molecule has 1 aromatic heterocycles. The lowest BCUT2D eigenvalue weighted by molar-refractivity contribution is 0.416. The van der Waals surface area contributed by atoms with Crippen LogP contribution in [0.5, 0.6) is 5.75 Å². The fourth-order valence-electron chi connectivity index (χ4n) is 2.12. The summed E-state index contributed by atoms with van der Waals surface area (Å²) in [6.07, 6.45) is 0. The maximum Gasteiger partial charge on any atom is 0.259 e. The minimum Gasteiger partial charge on any atom is -0.496 e. The van der Waals surface area contributed by atoms with Crippen LogP contribution in [-0.2, 0) is 0 Å². The number of ether oxygens (including phenoxy) is 1. The first kappa shape index (κ1) is 12.2. The summed E-state index contributed by atoms with van der Waals surface area (Å²) in [5.74, 6) is 1.13. The number of para-hydroxylation sites is 1. The highest BCUT2D eigenvalue weighted by Gasteiger charge is 2.10. The van der Waals surface area contributed by atoms with Gasteiger partial charge in [-0.05, 0) is 30.3 Å². The van der Waals surface area contributed by atoms with E-state index in [1.165, 1.54) is 0 Å². The number of nitrogens with two attached hydrogens (primary N) is 1. The lowest BCUT2D eigenvalue weighted by Crippen LogP contribution is -2.10. The molecular weight excluding hydrogens is 254 g/mol. The zero-order valence-corrected chi connectivity index (χ0v) is 10.9. The minimum atomic E-state index is -0.219. The predicted molar refractivity (Wildman–Crippen MR) is 78.8 cm³/mol. The molecule has 1 heterocycles. The smallest absolute Gasteiger partial charge is 0.259 e. The van der Waals surface area contributed by atoms with Crippen molar-refractivity contribution in [2.75, 3.05) is 12.8 Å². The molecule has 5 heteroatoms. The molecule has 0 amide bonds. The normalized spacial score (nSPS) is 10.7. The summed E-state index contributed by atoms with van der Waals surface area (Å²) < 4.78 is 5.29. The SMILES string of the molecule is COc1ccccc1-c1nc2ccc(N)cc2c(=O)[nH]1. The minimum absolute atomic E-state index is 0.219. The second kappa shape index (κ2) is 4.70. The van der Waals surface area contributed by atoms with Crippen LogP contribution in [0.25, 0.3) is 22.3 Å². The lowest BCUT2D eigenvalue weighted by Gasteiger charge is -2.08. The van der Waals surface area contributed by atoms with E-state index in [-0.39, 0.29) is 5.56 Å². The van der Waals surface area contributed by atoms with Crippen LogP contribution in [0.3, 0.4) is 0 Å². The van der Waals surface area contributed by atoms with Crippen LogP contribution in [0, 0.1) is 0 Å².